The van der Waals surface area contributed by atoms with E-state index in [9.17, 15) is 0 Å². The van der Waals surface area contributed by atoms with Crippen molar-refractivity contribution in [3.05, 3.63) is 58.7 Å². The lowest BCUT2D eigenvalue weighted by Gasteiger charge is -2.13. The van der Waals surface area contributed by atoms with Gasteiger partial charge in [-0.2, -0.15) is 0 Å². The average molecular weight is 323 g/mol. The fourth-order valence-corrected chi connectivity index (χ4v) is 3.59. The van der Waals surface area contributed by atoms with Crippen LogP contribution in [0.1, 0.15) is 75.6 Å². The highest BCUT2D eigenvalue weighted by molar-refractivity contribution is 5.67. The fraction of sp³-hybridized carbons (Fsp3) is 0.500. The number of rotatable bonds is 9. The first kappa shape index (κ1) is 18.8. The van der Waals surface area contributed by atoms with E-state index < -0.39 is 0 Å². The Bertz CT molecular complexity index is 530. The molecule has 2 rings (SSSR count). The van der Waals surface area contributed by atoms with Gasteiger partial charge in [0.2, 0.25) is 0 Å². The molecule has 0 unspecified atom stereocenters. The molecule has 0 radical (unpaired) electrons. The molecule has 2 aromatic rings. The van der Waals surface area contributed by atoms with Crippen LogP contribution in [0.25, 0.3) is 11.1 Å². The molecule has 0 amide bonds. The van der Waals surface area contributed by atoms with Crippen molar-refractivity contribution in [3.63, 3.8) is 0 Å². The normalized spacial score (nSPS) is 11.0. The molecule has 0 fully saturated rings. The summed E-state index contributed by atoms with van der Waals surface area (Å²) < 4.78 is 0. The molecule has 0 saturated carbocycles. The minimum absolute atomic E-state index is 1.18. The molecule has 0 aliphatic rings. The first-order valence-electron chi connectivity index (χ1n) is 9.96. The zero-order valence-electron chi connectivity index (χ0n) is 16.1. The van der Waals surface area contributed by atoms with E-state index >= 15 is 0 Å². The van der Waals surface area contributed by atoms with Crippen molar-refractivity contribution < 1.29 is 0 Å². The van der Waals surface area contributed by atoms with E-state index in [1.807, 2.05) is 0 Å². The number of hydrogen-bond donors (Lipinski definition) is 0. The maximum Gasteiger partial charge on any atom is -0.0178 e. The molecule has 0 saturated heterocycles. The standard InChI is InChI=1S/C24H34/c1-5-9-19-13-20(10-6-2)16-23(15-19)24-17-21(11-7-3)14-22(18-24)12-8-4/h13-18H,5-12H2,1-4H3. The van der Waals surface area contributed by atoms with Crippen molar-refractivity contribution in [2.75, 3.05) is 0 Å². The molecule has 0 nitrogen and oxygen atoms in total. The van der Waals surface area contributed by atoms with Gasteiger partial charge < -0.3 is 0 Å². The molecule has 0 aromatic heterocycles. The van der Waals surface area contributed by atoms with Crippen LogP contribution < -0.4 is 0 Å². The molecule has 0 N–H and O–H groups in total. The average Bonchev–Trinajstić information content (AvgIpc) is 2.56. The van der Waals surface area contributed by atoms with Gasteiger partial charge in [0.1, 0.15) is 0 Å². The van der Waals surface area contributed by atoms with Gasteiger partial charge in [0, 0.05) is 0 Å². The molecule has 130 valence electrons. The van der Waals surface area contributed by atoms with Gasteiger partial charge in [0.15, 0.2) is 0 Å². The van der Waals surface area contributed by atoms with Crippen LogP contribution in [0.2, 0.25) is 0 Å². The first-order valence-corrected chi connectivity index (χ1v) is 9.96. The minimum atomic E-state index is 1.18. The van der Waals surface area contributed by atoms with Gasteiger partial charge in [-0.05, 0) is 59.1 Å². The molecule has 0 spiro atoms. The van der Waals surface area contributed by atoms with Crippen molar-refractivity contribution >= 4 is 0 Å². The smallest absolute Gasteiger partial charge is 0.0178 e. The van der Waals surface area contributed by atoms with E-state index in [1.54, 1.807) is 0 Å². The monoisotopic (exact) mass is 322 g/mol. The highest BCUT2D eigenvalue weighted by Gasteiger charge is 2.07. The maximum atomic E-state index is 2.42. The summed E-state index contributed by atoms with van der Waals surface area (Å²) in [6.45, 7) is 9.08. The Morgan fingerprint density at radius 1 is 0.417 bits per heavy atom. The Kier molecular flexibility index (Phi) is 7.56. The molecule has 0 atom stereocenters. The van der Waals surface area contributed by atoms with Crippen molar-refractivity contribution in [2.45, 2.75) is 79.1 Å². The summed E-state index contributed by atoms with van der Waals surface area (Å²) in [5.74, 6) is 0. The highest BCUT2D eigenvalue weighted by Crippen LogP contribution is 2.27. The van der Waals surface area contributed by atoms with E-state index in [0.717, 1.165) is 0 Å². The van der Waals surface area contributed by atoms with E-state index in [-0.39, 0.29) is 0 Å². The summed E-state index contributed by atoms with van der Waals surface area (Å²) in [6, 6.07) is 14.5. The van der Waals surface area contributed by atoms with Gasteiger partial charge in [-0.15, -0.1) is 0 Å². The zero-order valence-corrected chi connectivity index (χ0v) is 16.1. The highest BCUT2D eigenvalue weighted by atomic mass is 14.1. The third kappa shape index (κ3) is 5.23. The van der Waals surface area contributed by atoms with Crippen molar-refractivity contribution in [1.82, 2.24) is 0 Å². The Morgan fingerprint density at radius 2 is 0.667 bits per heavy atom. The van der Waals surface area contributed by atoms with Gasteiger partial charge >= 0.3 is 0 Å². The second-order valence-corrected chi connectivity index (χ2v) is 7.08. The van der Waals surface area contributed by atoms with Crippen LogP contribution in [0.15, 0.2) is 36.4 Å². The molecule has 0 aliphatic heterocycles. The Hall–Kier alpha value is -1.56. The summed E-state index contributed by atoms with van der Waals surface area (Å²) in [5, 5.41) is 0. The zero-order chi connectivity index (χ0) is 17.4. The van der Waals surface area contributed by atoms with E-state index in [2.05, 4.69) is 64.1 Å². The minimum Gasteiger partial charge on any atom is -0.0651 e. The first-order chi connectivity index (χ1) is 11.7. The summed E-state index contributed by atoms with van der Waals surface area (Å²) in [5.41, 5.74) is 8.82. The summed E-state index contributed by atoms with van der Waals surface area (Å²) in [7, 11) is 0. The van der Waals surface area contributed by atoms with Crippen LogP contribution in [0, 0.1) is 0 Å². The van der Waals surface area contributed by atoms with Gasteiger partial charge in [-0.3, -0.25) is 0 Å². The lowest BCUT2D eigenvalue weighted by atomic mass is 9.92. The van der Waals surface area contributed by atoms with Crippen LogP contribution in [-0.2, 0) is 25.7 Å². The lowest BCUT2D eigenvalue weighted by Crippen LogP contribution is -1.94. The van der Waals surface area contributed by atoms with Gasteiger partial charge in [0.05, 0.1) is 0 Å². The van der Waals surface area contributed by atoms with Crippen LogP contribution in [0.5, 0.6) is 0 Å². The van der Waals surface area contributed by atoms with Crippen LogP contribution >= 0.6 is 0 Å². The summed E-state index contributed by atoms with van der Waals surface area (Å²) in [6.07, 6.45) is 9.58. The van der Waals surface area contributed by atoms with Crippen LogP contribution in [-0.4, -0.2) is 0 Å². The number of aryl methyl sites for hydroxylation is 4. The molecular weight excluding hydrogens is 288 g/mol. The van der Waals surface area contributed by atoms with Gasteiger partial charge in [-0.1, -0.05) is 89.8 Å². The molecular formula is C24H34. The predicted octanol–water partition coefficient (Wildman–Crippen LogP) is 7.16. The second-order valence-electron chi connectivity index (χ2n) is 7.08. The van der Waals surface area contributed by atoms with E-state index in [4.69, 9.17) is 0 Å². The second kappa shape index (κ2) is 9.67. The Balaban J connectivity index is 2.47. The quantitative estimate of drug-likeness (QED) is 0.459. The Labute approximate surface area is 149 Å². The van der Waals surface area contributed by atoms with Crippen molar-refractivity contribution in [3.8, 4) is 11.1 Å². The molecule has 2 aromatic carbocycles. The van der Waals surface area contributed by atoms with Crippen molar-refractivity contribution in [1.29, 1.82) is 0 Å². The van der Waals surface area contributed by atoms with Gasteiger partial charge in [-0.25, -0.2) is 0 Å². The fourth-order valence-electron chi connectivity index (χ4n) is 3.59. The number of hydrogen-bond acceptors (Lipinski definition) is 0. The SMILES string of the molecule is CCCc1cc(CCC)cc(-c2cc(CCC)cc(CCC)c2)c1. The third-order valence-corrected chi connectivity index (χ3v) is 4.59. The van der Waals surface area contributed by atoms with Gasteiger partial charge in [0.25, 0.3) is 0 Å². The van der Waals surface area contributed by atoms with Crippen molar-refractivity contribution in [2.24, 2.45) is 0 Å². The van der Waals surface area contributed by atoms with Crippen LogP contribution in [0.4, 0.5) is 0 Å². The lowest BCUT2D eigenvalue weighted by molar-refractivity contribution is 0.893. The predicted molar refractivity (Wildman–Crippen MR) is 108 cm³/mol. The molecule has 0 aliphatic carbocycles. The topological polar surface area (TPSA) is 0 Å². The molecule has 0 heteroatoms. The molecule has 24 heavy (non-hydrogen) atoms. The third-order valence-electron chi connectivity index (χ3n) is 4.59. The van der Waals surface area contributed by atoms with E-state index in [1.165, 1.54) is 84.7 Å². The largest absolute Gasteiger partial charge is 0.0651 e. The van der Waals surface area contributed by atoms with E-state index in [0.29, 0.717) is 0 Å². The number of benzene rings is 2. The van der Waals surface area contributed by atoms with Crippen LogP contribution in [0.3, 0.4) is 0 Å². The summed E-state index contributed by atoms with van der Waals surface area (Å²) in [4.78, 5) is 0. The summed E-state index contributed by atoms with van der Waals surface area (Å²) >= 11 is 0. The Morgan fingerprint density at radius 3 is 0.875 bits per heavy atom. The molecule has 0 bridgehead atoms. The maximum absolute atomic E-state index is 2.42. The molecule has 0 heterocycles.